The first-order chi connectivity index (χ1) is 7.06. The van der Waals surface area contributed by atoms with Gasteiger partial charge in [0.15, 0.2) is 0 Å². The van der Waals surface area contributed by atoms with Crippen LogP contribution in [0.4, 0.5) is 14.5 Å². The third kappa shape index (κ3) is 2.67. The third-order valence-corrected chi connectivity index (χ3v) is 1.80. The molecule has 0 fully saturated rings. The van der Waals surface area contributed by atoms with Crippen LogP contribution in [-0.2, 0) is 11.3 Å². The molecule has 1 aromatic rings. The van der Waals surface area contributed by atoms with E-state index in [1.54, 1.807) is 0 Å². The first-order valence-corrected chi connectivity index (χ1v) is 4.00. The Morgan fingerprint density at radius 2 is 2.07 bits per heavy atom. The highest BCUT2D eigenvalue weighted by molar-refractivity contribution is 5.36. The summed E-state index contributed by atoms with van der Waals surface area (Å²) in [6.07, 6.45) is 0.0528. The standard InChI is InChI=1S/C8H8F2N2O3/c9-6-4-8(12(13)14)7(10)3-5(6)1-2-15-11/h3-4H,1-2,11H2. The number of nitro groups is 1. The fourth-order valence-electron chi connectivity index (χ4n) is 1.08. The van der Waals surface area contributed by atoms with Gasteiger partial charge in [-0.2, -0.15) is 4.39 Å². The highest BCUT2D eigenvalue weighted by Gasteiger charge is 2.17. The van der Waals surface area contributed by atoms with Gasteiger partial charge in [0.1, 0.15) is 5.82 Å². The van der Waals surface area contributed by atoms with E-state index in [2.05, 4.69) is 4.84 Å². The Bertz CT molecular complexity index is 384. The Morgan fingerprint density at radius 3 is 2.60 bits per heavy atom. The minimum atomic E-state index is -1.08. The van der Waals surface area contributed by atoms with Gasteiger partial charge in [-0.15, -0.1) is 0 Å². The lowest BCUT2D eigenvalue weighted by Gasteiger charge is -2.02. The molecule has 0 bridgehead atoms. The summed E-state index contributed by atoms with van der Waals surface area (Å²) in [5.74, 6) is 2.80. The van der Waals surface area contributed by atoms with Crippen molar-refractivity contribution >= 4 is 5.69 Å². The Morgan fingerprint density at radius 1 is 1.40 bits per heavy atom. The second kappa shape index (κ2) is 4.76. The summed E-state index contributed by atoms with van der Waals surface area (Å²) in [5.41, 5.74) is -0.895. The van der Waals surface area contributed by atoms with E-state index in [9.17, 15) is 18.9 Å². The zero-order chi connectivity index (χ0) is 11.4. The van der Waals surface area contributed by atoms with Crippen LogP contribution in [0.15, 0.2) is 12.1 Å². The molecule has 0 aliphatic carbocycles. The summed E-state index contributed by atoms with van der Waals surface area (Å²) >= 11 is 0. The number of halogens is 2. The van der Waals surface area contributed by atoms with Gasteiger partial charge >= 0.3 is 5.69 Å². The maximum atomic E-state index is 13.1. The van der Waals surface area contributed by atoms with Gasteiger partial charge in [0.25, 0.3) is 0 Å². The van der Waals surface area contributed by atoms with Gasteiger partial charge in [0.2, 0.25) is 5.82 Å². The number of nitro benzene ring substituents is 1. The molecule has 0 atom stereocenters. The molecule has 0 aromatic heterocycles. The zero-order valence-corrected chi connectivity index (χ0v) is 7.57. The molecule has 15 heavy (non-hydrogen) atoms. The molecule has 2 N–H and O–H groups in total. The van der Waals surface area contributed by atoms with Crippen LogP contribution in [0.25, 0.3) is 0 Å². The lowest BCUT2D eigenvalue weighted by molar-refractivity contribution is -0.387. The van der Waals surface area contributed by atoms with Gasteiger partial charge in [-0.25, -0.2) is 10.3 Å². The lowest BCUT2D eigenvalue weighted by Crippen LogP contribution is -2.06. The Hall–Kier alpha value is -1.60. The lowest BCUT2D eigenvalue weighted by atomic mass is 10.1. The molecule has 1 aromatic carbocycles. The molecule has 0 saturated carbocycles. The minimum absolute atomic E-state index is 0.00811. The fourth-order valence-corrected chi connectivity index (χ4v) is 1.08. The monoisotopic (exact) mass is 218 g/mol. The number of rotatable bonds is 4. The van der Waals surface area contributed by atoms with Crippen molar-refractivity contribution in [1.29, 1.82) is 0 Å². The molecule has 0 aliphatic heterocycles. The summed E-state index contributed by atoms with van der Waals surface area (Å²) in [7, 11) is 0. The van der Waals surface area contributed by atoms with E-state index in [-0.39, 0.29) is 18.6 Å². The molecular formula is C8H8F2N2O3. The number of hydrogen-bond donors (Lipinski definition) is 1. The Kier molecular flexibility index (Phi) is 3.64. The van der Waals surface area contributed by atoms with Gasteiger partial charge in [0.05, 0.1) is 17.6 Å². The van der Waals surface area contributed by atoms with Crippen molar-refractivity contribution in [1.82, 2.24) is 0 Å². The molecule has 5 nitrogen and oxygen atoms in total. The maximum Gasteiger partial charge on any atom is 0.307 e. The molecule has 0 spiro atoms. The SMILES string of the molecule is NOCCc1cc(F)c([N+](=O)[O-])cc1F. The molecule has 82 valence electrons. The predicted molar refractivity (Wildman–Crippen MR) is 46.9 cm³/mol. The van der Waals surface area contributed by atoms with Crippen LogP contribution in [0.2, 0.25) is 0 Å². The van der Waals surface area contributed by atoms with Gasteiger partial charge in [0, 0.05) is 6.42 Å². The molecule has 1 rings (SSSR count). The predicted octanol–water partition coefficient (Wildman–Crippen LogP) is 1.31. The molecule has 0 heterocycles. The van der Waals surface area contributed by atoms with E-state index in [1.807, 2.05) is 0 Å². The van der Waals surface area contributed by atoms with E-state index in [1.165, 1.54) is 0 Å². The van der Waals surface area contributed by atoms with Crippen molar-refractivity contribution in [2.75, 3.05) is 6.61 Å². The smallest absolute Gasteiger partial charge is 0.304 e. The van der Waals surface area contributed by atoms with Gasteiger partial charge in [-0.3, -0.25) is 10.1 Å². The minimum Gasteiger partial charge on any atom is -0.304 e. The topological polar surface area (TPSA) is 78.4 Å². The number of nitrogens with zero attached hydrogens (tertiary/aromatic N) is 1. The Labute approximate surface area is 83.6 Å². The summed E-state index contributed by atoms with van der Waals surface area (Å²) in [5, 5.41) is 10.3. The summed E-state index contributed by atoms with van der Waals surface area (Å²) in [6, 6.07) is 1.31. The van der Waals surface area contributed by atoms with Crippen LogP contribution >= 0.6 is 0 Å². The van der Waals surface area contributed by atoms with Crippen molar-refractivity contribution < 1.29 is 18.5 Å². The van der Waals surface area contributed by atoms with Gasteiger partial charge in [-0.05, 0) is 11.6 Å². The second-order valence-corrected chi connectivity index (χ2v) is 2.77. The Balaban J connectivity index is 3.02. The van der Waals surface area contributed by atoms with Gasteiger partial charge in [-0.1, -0.05) is 0 Å². The van der Waals surface area contributed by atoms with Crippen molar-refractivity contribution in [2.24, 2.45) is 5.90 Å². The first kappa shape index (κ1) is 11.5. The number of hydrogen-bond acceptors (Lipinski definition) is 4. The van der Waals surface area contributed by atoms with E-state index in [4.69, 9.17) is 5.90 Å². The summed E-state index contributed by atoms with van der Waals surface area (Å²) < 4.78 is 26.2. The molecule has 0 radical (unpaired) electrons. The maximum absolute atomic E-state index is 13.1. The molecule has 0 amide bonds. The average molecular weight is 218 g/mol. The van der Waals surface area contributed by atoms with Crippen LogP contribution in [0.3, 0.4) is 0 Å². The van der Waals surface area contributed by atoms with Crippen LogP contribution in [0, 0.1) is 21.7 Å². The van der Waals surface area contributed by atoms with Crippen LogP contribution < -0.4 is 5.90 Å². The van der Waals surface area contributed by atoms with E-state index in [0.717, 1.165) is 6.07 Å². The normalized spacial score (nSPS) is 10.3. The third-order valence-electron chi connectivity index (χ3n) is 1.80. The van der Waals surface area contributed by atoms with Crippen molar-refractivity contribution in [3.05, 3.63) is 39.4 Å². The quantitative estimate of drug-likeness (QED) is 0.610. The molecule has 0 unspecified atom stereocenters. The zero-order valence-electron chi connectivity index (χ0n) is 7.57. The number of benzene rings is 1. The second-order valence-electron chi connectivity index (χ2n) is 2.77. The van der Waals surface area contributed by atoms with Crippen molar-refractivity contribution in [3.8, 4) is 0 Å². The molecular weight excluding hydrogens is 210 g/mol. The molecule has 0 saturated heterocycles. The van der Waals surface area contributed by atoms with E-state index in [0.29, 0.717) is 6.07 Å². The summed E-state index contributed by atoms with van der Waals surface area (Å²) in [4.78, 5) is 13.5. The highest BCUT2D eigenvalue weighted by Crippen LogP contribution is 2.21. The van der Waals surface area contributed by atoms with Gasteiger partial charge < -0.3 is 4.84 Å². The highest BCUT2D eigenvalue weighted by atomic mass is 19.1. The molecule has 0 aliphatic rings. The fraction of sp³-hybridized carbons (Fsp3) is 0.250. The van der Waals surface area contributed by atoms with Crippen LogP contribution in [0.1, 0.15) is 5.56 Å². The van der Waals surface area contributed by atoms with E-state index >= 15 is 0 Å². The van der Waals surface area contributed by atoms with Crippen molar-refractivity contribution in [2.45, 2.75) is 6.42 Å². The number of nitrogens with two attached hydrogens (primary N) is 1. The summed E-state index contributed by atoms with van der Waals surface area (Å²) in [6.45, 7) is 0.00811. The first-order valence-electron chi connectivity index (χ1n) is 4.00. The van der Waals surface area contributed by atoms with Crippen LogP contribution in [0.5, 0.6) is 0 Å². The largest absolute Gasteiger partial charge is 0.307 e. The van der Waals surface area contributed by atoms with E-state index < -0.39 is 22.2 Å². The van der Waals surface area contributed by atoms with Crippen molar-refractivity contribution in [3.63, 3.8) is 0 Å². The van der Waals surface area contributed by atoms with Crippen LogP contribution in [-0.4, -0.2) is 11.5 Å². The molecule has 7 heteroatoms. The average Bonchev–Trinajstić information content (AvgIpc) is 2.18.